The number of hydrogen-bond acceptors (Lipinski definition) is 2. The standard InChI is InChI=1S/C11H19F3N2/c12-11(13,14)8-16-4-3-10(7-16)6-15-5-9-1-2-9/h9-10,15H,1-8H2. The Hall–Kier alpha value is -0.290. The molecule has 1 saturated carbocycles. The molecule has 2 rings (SSSR count). The van der Waals surface area contributed by atoms with Gasteiger partial charge < -0.3 is 5.32 Å². The number of nitrogens with one attached hydrogen (secondary N) is 1. The van der Waals surface area contributed by atoms with Crippen LogP contribution < -0.4 is 5.32 Å². The fraction of sp³-hybridized carbons (Fsp3) is 1.00. The minimum Gasteiger partial charge on any atom is -0.316 e. The topological polar surface area (TPSA) is 15.3 Å². The van der Waals surface area contributed by atoms with Gasteiger partial charge >= 0.3 is 6.18 Å². The summed E-state index contributed by atoms with van der Waals surface area (Å²) < 4.78 is 36.4. The molecule has 2 aliphatic rings. The smallest absolute Gasteiger partial charge is 0.316 e. The van der Waals surface area contributed by atoms with Gasteiger partial charge in [0.05, 0.1) is 6.54 Å². The molecule has 0 aromatic carbocycles. The highest BCUT2D eigenvalue weighted by atomic mass is 19.4. The summed E-state index contributed by atoms with van der Waals surface area (Å²) in [5, 5.41) is 3.36. The van der Waals surface area contributed by atoms with Gasteiger partial charge in [-0.25, -0.2) is 0 Å². The SMILES string of the molecule is FC(F)(F)CN1CCC(CNCC2CC2)C1. The van der Waals surface area contributed by atoms with Crippen LogP contribution in [-0.4, -0.2) is 43.8 Å². The zero-order chi connectivity index (χ0) is 11.6. The molecule has 1 unspecified atom stereocenters. The largest absolute Gasteiger partial charge is 0.401 e. The van der Waals surface area contributed by atoms with Crippen LogP contribution in [0, 0.1) is 11.8 Å². The molecular weight excluding hydrogens is 217 g/mol. The van der Waals surface area contributed by atoms with E-state index in [0.717, 1.165) is 25.4 Å². The molecule has 1 saturated heterocycles. The van der Waals surface area contributed by atoms with Gasteiger partial charge in [-0.2, -0.15) is 13.2 Å². The van der Waals surface area contributed by atoms with E-state index in [9.17, 15) is 13.2 Å². The summed E-state index contributed by atoms with van der Waals surface area (Å²) in [7, 11) is 0. The van der Waals surface area contributed by atoms with Crippen molar-refractivity contribution in [2.75, 3.05) is 32.7 Å². The Balaban J connectivity index is 1.59. The first-order chi connectivity index (χ1) is 7.53. The summed E-state index contributed by atoms with van der Waals surface area (Å²) in [6.45, 7) is 2.37. The van der Waals surface area contributed by atoms with Gasteiger partial charge in [0.15, 0.2) is 0 Å². The van der Waals surface area contributed by atoms with Crippen LogP contribution in [0.4, 0.5) is 13.2 Å². The van der Waals surface area contributed by atoms with Crippen LogP contribution in [0.5, 0.6) is 0 Å². The van der Waals surface area contributed by atoms with E-state index in [-0.39, 0.29) is 0 Å². The third kappa shape index (κ3) is 4.29. The second-order valence-corrected chi connectivity index (χ2v) is 5.11. The van der Waals surface area contributed by atoms with Gasteiger partial charge in [-0.1, -0.05) is 0 Å². The molecule has 0 spiro atoms. The monoisotopic (exact) mass is 236 g/mol. The number of nitrogens with zero attached hydrogens (tertiary/aromatic N) is 1. The van der Waals surface area contributed by atoms with E-state index >= 15 is 0 Å². The Kier molecular flexibility index (Phi) is 3.74. The van der Waals surface area contributed by atoms with Crippen LogP contribution in [0.1, 0.15) is 19.3 Å². The second-order valence-electron chi connectivity index (χ2n) is 5.11. The predicted octanol–water partition coefficient (Wildman–Crippen LogP) is 1.87. The minimum absolute atomic E-state index is 0.404. The normalized spacial score (nSPS) is 27.6. The Morgan fingerprint density at radius 2 is 1.75 bits per heavy atom. The van der Waals surface area contributed by atoms with E-state index in [0.29, 0.717) is 19.0 Å². The van der Waals surface area contributed by atoms with Crippen LogP contribution in [0.3, 0.4) is 0 Å². The summed E-state index contributed by atoms with van der Waals surface area (Å²) >= 11 is 0. The zero-order valence-electron chi connectivity index (χ0n) is 9.39. The van der Waals surface area contributed by atoms with Crippen molar-refractivity contribution in [3.05, 3.63) is 0 Å². The quantitative estimate of drug-likeness (QED) is 0.784. The van der Waals surface area contributed by atoms with E-state index < -0.39 is 12.7 Å². The lowest BCUT2D eigenvalue weighted by atomic mass is 10.1. The molecule has 0 amide bonds. The molecule has 16 heavy (non-hydrogen) atoms. The highest BCUT2D eigenvalue weighted by Gasteiger charge is 2.34. The van der Waals surface area contributed by atoms with Crippen molar-refractivity contribution in [2.45, 2.75) is 25.4 Å². The van der Waals surface area contributed by atoms with Crippen molar-refractivity contribution in [3.63, 3.8) is 0 Å². The average Bonchev–Trinajstić information content (AvgIpc) is 2.86. The van der Waals surface area contributed by atoms with Crippen LogP contribution in [0.25, 0.3) is 0 Å². The first-order valence-electron chi connectivity index (χ1n) is 6.03. The van der Waals surface area contributed by atoms with E-state index in [4.69, 9.17) is 0 Å². The fourth-order valence-corrected chi connectivity index (χ4v) is 2.29. The lowest BCUT2D eigenvalue weighted by Crippen LogP contribution is -2.33. The Labute approximate surface area is 94.2 Å². The van der Waals surface area contributed by atoms with Crippen molar-refractivity contribution in [1.29, 1.82) is 0 Å². The maximum Gasteiger partial charge on any atom is 0.401 e. The molecular formula is C11H19F3N2. The van der Waals surface area contributed by atoms with Crippen LogP contribution in [-0.2, 0) is 0 Å². The summed E-state index contributed by atoms with van der Waals surface area (Å²) in [4.78, 5) is 1.52. The Morgan fingerprint density at radius 3 is 2.38 bits per heavy atom. The highest BCUT2D eigenvalue weighted by molar-refractivity contribution is 4.80. The first kappa shape index (κ1) is 12.2. The van der Waals surface area contributed by atoms with Crippen LogP contribution in [0.15, 0.2) is 0 Å². The van der Waals surface area contributed by atoms with Gasteiger partial charge in [-0.15, -0.1) is 0 Å². The van der Waals surface area contributed by atoms with Crippen LogP contribution >= 0.6 is 0 Å². The van der Waals surface area contributed by atoms with E-state index in [1.165, 1.54) is 17.7 Å². The number of likely N-dealkylation sites (tertiary alicyclic amines) is 1. The molecule has 0 aromatic heterocycles. The molecule has 1 atom stereocenters. The van der Waals surface area contributed by atoms with Crippen molar-refractivity contribution in [3.8, 4) is 0 Å². The maximum atomic E-state index is 12.1. The van der Waals surface area contributed by atoms with Crippen molar-refractivity contribution in [1.82, 2.24) is 10.2 Å². The van der Waals surface area contributed by atoms with E-state index in [2.05, 4.69) is 5.32 Å². The number of alkyl halides is 3. The van der Waals surface area contributed by atoms with E-state index in [1.54, 1.807) is 0 Å². The molecule has 94 valence electrons. The predicted molar refractivity (Wildman–Crippen MR) is 56.2 cm³/mol. The number of halogens is 3. The van der Waals surface area contributed by atoms with Gasteiger partial charge in [-0.3, -0.25) is 4.90 Å². The summed E-state index contributed by atoms with van der Waals surface area (Å²) in [6.07, 6.45) is -0.514. The molecule has 1 N–H and O–H groups in total. The van der Waals surface area contributed by atoms with Crippen molar-refractivity contribution < 1.29 is 13.2 Å². The molecule has 0 aromatic rings. The molecule has 2 fully saturated rings. The average molecular weight is 236 g/mol. The molecule has 0 bridgehead atoms. The fourth-order valence-electron chi connectivity index (χ4n) is 2.29. The molecule has 1 aliphatic carbocycles. The summed E-state index contributed by atoms with van der Waals surface area (Å²) in [6, 6.07) is 0. The molecule has 1 heterocycles. The van der Waals surface area contributed by atoms with Crippen LogP contribution in [0.2, 0.25) is 0 Å². The molecule has 0 radical (unpaired) electrons. The van der Waals surface area contributed by atoms with Gasteiger partial charge in [0, 0.05) is 6.54 Å². The van der Waals surface area contributed by atoms with Crippen molar-refractivity contribution in [2.24, 2.45) is 11.8 Å². The van der Waals surface area contributed by atoms with Gasteiger partial charge in [0.2, 0.25) is 0 Å². The zero-order valence-corrected chi connectivity index (χ0v) is 9.39. The Bertz CT molecular complexity index is 226. The highest BCUT2D eigenvalue weighted by Crippen LogP contribution is 2.28. The third-order valence-electron chi connectivity index (χ3n) is 3.34. The minimum atomic E-state index is -4.05. The van der Waals surface area contributed by atoms with Gasteiger partial charge in [0.25, 0.3) is 0 Å². The first-order valence-corrected chi connectivity index (χ1v) is 6.03. The Morgan fingerprint density at radius 1 is 1.06 bits per heavy atom. The lowest BCUT2D eigenvalue weighted by Gasteiger charge is -2.17. The second kappa shape index (κ2) is 4.92. The molecule has 2 nitrogen and oxygen atoms in total. The third-order valence-corrected chi connectivity index (χ3v) is 3.34. The molecule has 5 heteroatoms. The van der Waals surface area contributed by atoms with Gasteiger partial charge in [-0.05, 0) is 50.7 Å². The lowest BCUT2D eigenvalue weighted by molar-refractivity contribution is -0.143. The number of hydrogen-bond donors (Lipinski definition) is 1. The summed E-state index contributed by atoms with van der Waals surface area (Å²) in [5.41, 5.74) is 0. The maximum absolute atomic E-state index is 12.1. The molecule has 1 aliphatic heterocycles. The van der Waals surface area contributed by atoms with Gasteiger partial charge in [0.1, 0.15) is 0 Å². The summed E-state index contributed by atoms with van der Waals surface area (Å²) in [5.74, 6) is 1.24. The van der Waals surface area contributed by atoms with E-state index in [1.807, 2.05) is 0 Å². The van der Waals surface area contributed by atoms with Crippen molar-refractivity contribution >= 4 is 0 Å². The number of rotatable bonds is 5.